The van der Waals surface area contributed by atoms with E-state index in [1.807, 2.05) is 0 Å². The van der Waals surface area contributed by atoms with E-state index in [0.29, 0.717) is 0 Å². The molecule has 2 aliphatic carbocycles. The molecule has 0 saturated heterocycles. The number of rotatable bonds is 0. The third-order valence-electron chi connectivity index (χ3n) is 3.09. The zero-order valence-electron chi connectivity index (χ0n) is 5.61. The number of hydrogen-bond acceptors (Lipinski definition) is 0. The Hall–Kier alpha value is 0. The monoisotopic (exact) mass is 126 g/mol. The fourth-order valence-corrected chi connectivity index (χ4v) is 2.18. The largest absolute Gasteiger partial charge is 0.0776 e. The molecule has 0 nitrogen and oxygen atoms in total. The maximum Gasteiger partial charge on any atom is -0.0294 e. The van der Waals surface area contributed by atoms with Crippen molar-refractivity contribution in [3.05, 3.63) is 0 Å². The molecule has 0 aromatic carbocycles. The summed E-state index contributed by atoms with van der Waals surface area (Å²) in [7, 11) is 0. The van der Waals surface area contributed by atoms with E-state index in [-0.39, 0.29) is 7.43 Å². The van der Waals surface area contributed by atoms with Gasteiger partial charge in [-0.25, -0.2) is 0 Å². The minimum absolute atomic E-state index is 0. The highest BCUT2D eigenvalue weighted by molar-refractivity contribution is 5.00. The summed E-state index contributed by atoms with van der Waals surface area (Å²) >= 11 is 0. The minimum Gasteiger partial charge on any atom is -0.0776 e. The van der Waals surface area contributed by atoms with Crippen LogP contribution in [0.25, 0.3) is 0 Å². The molecule has 0 bridgehead atoms. The highest BCUT2D eigenvalue weighted by Crippen LogP contribution is 2.60. The van der Waals surface area contributed by atoms with Gasteiger partial charge in [0.2, 0.25) is 0 Å². The van der Waals surface area contributed by atoms with Crippen LogP contribution in [0.4, 0.5) is 0 Å². The number of hydrogen-bond donors (Lipinski definition) is 0. The summed E-state index contributed by atoms with van der Waals surface area (Å²) in [5, 5.41) is 0. The molecule has 2 saturated carbocycles. The van der Waals surface area contributed by atoms with E-state index in [1.165, 1.54) is 25.7 Å². The van der Waals surface area contributed by atoms with Gasteiger partial charge in [-0.05, 0) is 30.6 Å². The quantitative estimate of drug-likeness (QED) is 0.467. The van der Waals surface area contributed by atoms with Gasteiger partial charge in [-0.3, -0.25) is 0 Å². The van der Waals surface area contributed by atoms with Gasteiger partial charge in [0.05, 0.1) is 0 Å². The van der Waals surface area contributed by atoms with Crippen LogP contribution in [0.5, 0.6) is 0 Å². The zero-order valence-corrected chi connectivity index (χ0v) is 5.61. The lowest BCUT2D eigenvalue weighted by atomic mass is 9.90. The van der Waals surface area contributed by atoms with Crippen molar-refractivity contribution in [3.63, 3.8) is 0 Å². The summed E-state index contributed by atoms with van der Waals surface area (Å²) in [6, 6.07) is 0. The zero-order chi connectivity index (χ0) is 5.61. The van der Waals surface area contributed by atoms with Crippen molar-refractivity contribution in [3.8, 4) is 0 Å². The molecule has 2 fully saturated rings. The van der Waals surface area contributed by atoms with Crippen LogP contribution in [0, 0.1) is 11.3 Å². The van der Waals surface area contributed by atoms with Gasteiger partial charge in [0.25, 0.3) is 0 Å². The summed E-state index contributed by atoms with van der Waals surface area (Å²) < 4.78 is 0. The molecule has 0 radical (unpaired) electrons. The molecular weight excluding hydrogens is 108 g/mol. The van der Waals surface area contributed by atoms with Crippen molar-refractivity contribution in [2.24, 2.45) is 11.3 Å². The first-order chi connectivity index (χ1) is 3.81. The third-order valence-corrected chi connectivity index (χ3v) is 3.09. The van der Waals surface area contributed by atoms with Crippen molar-refractivity contribution in [2.45, 2.75) is 46.5 Å². The first-order valence-corrected chi connectivity index (χ1v) is 3.81. The summed E-state index contributed by atoms with van der Waals surface area (Å²) in [5.74, 6) is 1.15. The van der Waals surface area contributed by atoms with Gasteiger partial charge in [0, 0.05) is 0 Å². The third kappa shape index (κ3) is 0.997. The summed E-state index contributed by atoms with van der Waals surface area (Å²) in [5.41, 5.74) is 0.845. The standard InChI is InChI=1S/C8H14.CH4/c1-8-5-3-2-4-7(8)6-8;/h7H,2-6H2,1H3;1H4. The Morgan fingerprint density at radius 2 is 2.11 bits per heavy atom. The summed E-state index contributed by atoms with van der Waals surface area (Å²) in [6.07, 6.45) is 7.63. The van der Waals surface area contributed by atoms with Gasteiger partial charge < -0.3 is 0 Å². The van der Waals surface area contributed by atoms with Crippen LogP contribution in [0.2, 0.25) is 0 Å². The molecular formula is C9H18. The minimum atomic E-state index is 0. The highest BCUT2D eigenvalue weighted by atomic mass is 14.5. The Balaban J connectivity index is 0.000000405. The van der Waals surface area contributed by atoms with Crippen LogP contribution in [0.1, 0.15) is 46.5 Å². The Kier molecular flexibility index (Phi) is 1.58. The molecule has 0 heterocycles. The van der Waals surface area contributed by atoms with Crippen LogP contribution >= 0.6 is 0 Å². The fraction of sp³-hybridized carbons (Fsp3) is 1.00. The maximum absolute atomic E-state index is 2.46. The van der Waals surface area contributed by atoms with Crippen molar-refractivity contribution in [1.82, 2.24) is 0 Å². The summed E-state index contributed by atoms with van der Waals surface area (Å²) in [4.78, 5) is 0. The van der Waals surface area contributed by atoms with Crippen molar-refractivity contribution < 1.29 is 0 Å². The predicted molar refractivity (Wildman–Crippen MR) is 41.4 cm³/mol. The van der Waals surface area contributed by atoms with Crippen molar-refractivity contribution in [1.29, 1.82) is 0 Å². The van der Waals surface area contributed by atoms with Crippen LogP contribution < -0.4 is 0 Å². The maximum atomic E-state index is 2.46. The fourth-order valence-electron chi connectivity index (χ4n) is 2.18. The molecule has 54 valence electrons. The molecule has 0 heteroatoms. The Bertz CT molecular complexity index is 105. The van der Waals surface area contributed by atoms with Crippen LogP contribution in [-0.4, -0.2) is 0 Å². The second kappa shape index (κ2) is 2.00. The normalized spacial score (nSPS) is 47.0. The SMILES string of the molecule is C.CC12CCCCC1C2. The lowest BCUT2D eigenvalue weighted by molar-refractivity contribution is 0.366. The number of fused-ring (bicyclic) bond motifs is 1. The Morgan fingerprint density at radius 3 is 2.56 bits per heavy atom. The van der Waals surface area contributed by atoms with Crippen molar-refractivity contribution >= 4 is 0 Å². The first-order valence-electron chi connectivity index (χ1n) is 3.81. The highest BCUT2D eigenvalue weighted by Gasteiger charge is 2.50. The predicted octanol–water partition coefficient (Wildman–Crippen LogP) is 3.22. The lowest BCUT2D eigenvalue weighted by Gasteiger charge is -2.15. The van der Waals surface area contributed by atoms with E-state index in [1.54, 1.807) is 6.42 Å². The smallest absolute Gasteiger partial charge is 0.0294 e. The molecule has 2 unspecified atom stereocenters. The van der Waals surface area contributed by atoms with E-state index in [9.17, 15) is 0 Å². The molecule has 2 aliphatic rings. The van der Waals surface area contributed by atoms with E-state index in [4.69, 9.17) is 0 Å². The average molecular weight is 126 g/mol. The van der Waals surface area contributed by atoms with E-state index in [2.05, 4.69) is 6.92 Å². The molecule has 0 N–H and O–H groups in total. The molecule has 0 aliphatic heterocycles. The van der Waals surface area contributed by atoms with Gasteiger partial charge in [0.1, 0.15) is 0 Å². The van der Waals surface area contributed by atoms with Crippen LogP contribution in [0.3, 0.4) is 0 Å². The average Bonchev–Trinajstić information content (AvgIpc) is 2.39. The molecule has 0 aromatic rings. The molecule has 0 aromatic heterocycles. The van der Waals surface area contributed by atoms with Gasteiger partial charge in [-0.1, -0.05) is 27.2 Å². The van der Waals surface area contributed by atoms with E-state index >= 15 is 0 Å². The second-order valence-corrected chi connectivity index (χ2v) is 3.80. The van der Waals surface area contributed by atoms with E-state index in [0.717, 1.165) is 11.3 Å². The van der Waals surface area contributed by atoms with Crippen LogP contribution in [-0.2, 0) is 0 Å². The van der Waals surface area contributed by atoms with Gasteiger partial charge in [-0.2, -0.15) is 0 Å². The molecule has 9 heavy (non-hydrogen) atoms. The second-order valence-electron chi connectivity index (χ2n) is 3.80. The van der Waals surface area contributed by atoms with Gasteiger partial charge in [-0.15, -0.1) is 0 Å². The lowest BCUT2D eigenvalue weighted by Crippen LogP contribution is -2.03. The molecule has 0 spiro atoms. The van der Waals surface area contributed by atoms with Gasteiger partial charge in [0.15, 0.2) is 0 Å². The first kappa shape index (κ1) is 7.11. The summed E-state index contributed by atoms with van der Waals surface area (Å²) in [6.45, 7) is 2.46. The van der Waals surface area contributed by atoms with Crippen LogP contribution in [0.15, 0.2) is 0 Å². The van der Waals surface area contributed by atoms with Crippen molar-refractivity contribution in [2.75, 3.05) is 0 Å². The molecule has 2 atom stereocenters. The van der Waals surface area contributed by atoms with E-state index < -0.39 is 0 Å². The topological polar surface area (TPSA) is 0 Å². The Morgan fingerprint density at radius 1 is 1.33 bits per heavy atom. The Labute approximate surface area is 58.7 Å². The molecule has 0 amide bonds. The van der Waals surface area contributed by atoms with Gasteiger partial charge >= 0.3 is 0 Å². The molecule has 2 rings (SSSR count).